The number of hydrogen-bond acceptors (Lipinski definition) is 3. The number of hydrogen-bond donors (Lipinski definition) is 1. The van der Waals surface area contributed by atoms with Gasteiger partial charge in [0.15, 0.2) is 0 Å². The molecule has 0 bridgehead atoms. The first-order chi connectivity index (χ1) is 8.66. The number of aromatic nitrogens is 1. The van der Waals surface area contributed by atoms with Crippen LogP contribution in [0.25, 0.3) is 0 Å². The summed E-state index contributed by atoms with van der Waals surface area (Å²) >= 11 is 6.03. The van der Waals surface area contributed by atoms with Crippen LogP contribution in [0.2, 0.25) is 5.02 Å². The maximum absolute atomic E-state index is 11.2. The minimum absolute atomic E-state index is 0.379. The average Bonchev–Trinajstić information content (AvgIpc) is 2.83. The van der Waals surface area contributed by atoms with Crippen LogP contribution in [0.5, 0.6) is 0 Å². The van der Waals surface area contributed by atoms with E-state index < -0.39 is 11.9 Å². The summed E-state index contributed by atoms with van der Waals surface area (Å²) in [6, 6.07) is 7.27. The van der Waals surface area contributed by atoms with Gasteiger partial charge in [0.1, 0.15) is 6.26 Å². The molecule has 1 aromatic heterocycles. The van der Waals surface area contributed by atoms with Gasteiger partial charge in [-0.2, -0.15) is 0 Å². The van der Waals surface area contributed by atoms with E-state index in [-0.39, 0.29) is 0 Å². The number of carbonyl (C=O) groups is 1. The molecule has 0 aliphatic rings. The van der Waals surface area contributed by atoms with Crippen LogP contribution < -0.4 is 0 Å². The first-order valence-corrected chi connectivity index (χ1v) is 5.89. The van der Waals surface area contributed by atoms with Gasteiger partial charge in [0.05, 0.1) is 12.1 Å². The number of halogens is 1. The normalized spacial score (nSPS) is 12.3. The second-order valence-electron chi connectivity index (χ2n) is 4.07. The molecule has 94 valence electrons. The third-order valence-electron chi connectivity index (χ3n) is 2.74. The Kier molecular flexibility index (Phi) is 3.99. The lowest BCUT2D eigenvalue weighted by molar-refractivity contribution is -0.141. The van der Waals surface area contributed by atoms with Gasteiger partial charge in [0.25, 0.3) is 0 Å². The third-order valence-corrected chi connectivity index (χ3v) is 3.11. The fraction of sp³-hybridized carbons (Fsp3) is 0.231. The lowest BCUT2D eigenvalue weighted by Gasteiger charge is -2.12. The van der Waals surface area contributed by atoms with Crippen molar-refractivity contribution in [1.82, 2.24) is 5.16 Å². The summed E-state index contributed by atoms with van der Waals surface area (Å²) in [5.74, 6) is -1.39. The van der Waals surface area contributed by atoms with Crippen molar-refractivity contribution < 1.29 is 14.4 Å². The van der Waals surface area contributed by atoms with E-state index in [1.807, 2.05) is 18.2 Å². The molecule has 1 aromatic carbocycles. The molecule has 0 aliphatic heterocycles. The van der Waals surface area contributed by atoms with E-state index in [9.17, 15) is 9.90 Å². The maximum atomic E-state index is 11.2. The standard InChI is InChI=1S/C13H12ClNO3/c14-12-4-2-1-3-10(12)6-11(13(16)17)5-9-7-15-18-8-9/h1-4,7-8,11H,5-6H2,(H,16,17). The number of rotatable bonds is 5. The second kappa shape index (κ2) is 5.69. The minimum atomic E-state index is -0.851. The first-order valence-electron chi connectivity index (χ1n) is 5.51. The van der Waals surface area contributed by atoms with Crippen molar-refractivity contribution in [1.29, 1.82) is 0 Å². The maximum Gasteiger partial charge on any atom is 0.307 e. The molecule has 0 amide bonds. The number of nitrogens with zero attached hydrogens (tertiary/aromatic N) is 1. The van der Waals surface area contributed by atoms with Crippen LogP contribution in [0.4, 0.5) is 0 Å². The van der Waals surface area contributed by atoms with Crippen LogP contribution in [-0.4, -0.2) is 16.2 Å². The summed E-state index contributed by atoms with van der Waals surface area (Å²) in [6.07, 6.45) is 3.76. The molecule has 0 saturated heterocycles. The number of benzene rings is 1. The van der Waals surface area contributed by atoms with Crippen molar-refractivity contribution in [2.45, 2.75) is 12.8 Å². The summed E-state index contributed by atoms with van der Waals surface area (Å²) in [5, 5.41) is 13.4. The van der Waals surface area contributed by atoms with Gasteiger partial charge < -0.3 is 9.63 Å². The summed E-state index contributed by atoms with van der Waals surface area (Å²) in [5.41, 5.74) is 1.61. The lowest BCUT2D eigenvalue weighted by Crippen LogP contribution is -2.19. The highest BCUT2D eigenvalue weighted by atomic mass is 35.5. The molecule has 0 aliphatic carbocycles. The zero-order chi connectivity index (χ0) is 13.0. The monoisotopic (exact) mass is 265 g/mol. The number of carboxylic acids is 1. The molecule has 0 saturated carbocycles. The van der Waals surface area contributed by atoms with Gasteiger partial charge in [-0.15, -0.1) is 0 Å². The molecule has 1 heterocycles. The first kappa shape index (κ1) is 12.6. The Hall–Kier alpha value is -1.81. The average molecular weight is 266 g/mol. The van der Waals surface area contributed by atoms with Gasteiger partial charge in [0.2, 0.25) is 0 Å². The molecule has 0 radical (unpaired) electrons. The van der Waals surface area contributed by atoms with Crippen LogP contribution in [0.3, 0.4) is 0 Å². The summed E-state index contributed by atoms with van der Waals surface area (Å²) < 4.78 is 4.70. The Balaban J connectivity index is 2.12. The van der Waals surface area contributed by atoms with Crippen LogP contribution in [-0.2, 0) is 17.6 Å². The van der Waals surface area contributed by atoms with Crippen molar-refractivity contribution in [2.75, 3.05) is 0 Å². The number of aliphatic carboxylic acids is 1. The van der Waals surface area contributed by atoms with E-state index in [2.05, 4.69) is 5.16 Å². The third kappa shape index (κ3) is 3.11. The van der Waals surface area contributed by atoms with Gasteiger partial charge in [-0.05, 0) is 24.5 Å². The summed E-state index contributed by atoms with van der Waals surface area (Å²) in [6.45, 7) is 0. The molecule has 1 unspecified atom stereocenters. The molecule has 1 atom stereocenters. The van der Waals surface area contributed by atoms with Gasteiger partial charge in [-0.25, -0.2) is 0 Å². The fourth-order valence-corrected chi connectivity index (χ4v) is 2.00. The molecule has 0 spiro atoms. The van der Waals surface area contributed by atoms with Crippen molar-refractivity contribution in [3.8, 4) is 0 Å². The largest absolute Gasteiger partial charge is 0.481 e. The molecule has 4 nitrogen and oxygen atoms in total. The molecule has 2 aromatic rings. The smallest absolute Gasteiger partial charge is 0.307 e. The fourth-order valence-electron chi connectivity index (χ4n) is 1.79. The van der Waals surface area contributed by atoms with E-state index in [1.165, 1.54) is 12.5 Å². The zero-order valence-corrected chi connectivity index (χ0v) is 10.3. The second-order valence-corrected chi connectivity index (χ2v) is 4.47. The van der Waals surface area contributed by atoms with Crippen molar-refractivity contribution >= 4 is 17.6 Å². The predicted molar refractivity (Wildman–Crippen MR) is 66.5 cm³/mol. The van der Waals surface area contributed by atoms with E-state index in [4.69, 9.17) is 16.1 Å². The van der Waals surface area contributed by atoms with Gasteiger partial charge >= 0.3 is 5.97 Å². The Morgan fingerprint density at radius 3 is 2.78 bits per heavy atom. The highest BCUT2D eigenvalue weighted by Crippen LogP contribution is 2.21. The Morgan fingerprint density at radius 1 is 1.39 bits per heavy atom. The minimum Gasteiger partial charge on any atom is -0.481 e. The summed E-state index contributed by atoms with van der Waals surface area (Å²) in [7, 11) is 0. The highest BCUT2D eigenvalue weighted by Gasteiger charge is 2.20. The van der Waals surface area contributed by atoms with Gasteiger partial charge in [0, 0.05) is 10.6 Å². The van der Waals surface area contributed by atoms with Crippen LogP contribution >= 0.6 is 11.6 Å². The molecule has 5 heteroatoms. The van der Waals surface area contributed by atoms with E-state index in [0.717, 1.165) is 11.1 Å². The number of carboxylic acid groups (broad SMARTS) is 1. The van der Waals surface area contributed by atoms with Crippen LogP contribution in [0, 0.1) is 5.92 Å². The summed E-state index contributed by atoms with van der Waals surface area (Å²) in [4.78, 5) is 11.2. The zero-order valence-electron chi connectivity index (χ0n) is 9.54. The van der Waals surface area contributed by atoms with Crippen molar-refractivity contribution in [3.63, 3.8) is 0 Å². The molecule has 2 rings (SSSR count). The van der Waals surface area contributed by atoms with Crippen molar-refractivity contribution in [2.24, 2.45) is 5.92 Å². The molecular formula is C13H12ClNO3. The molecule has 0 fully saturated rings. The van der Waals surface area contributed by atoms with E-state index >= 15 is 0 Å². The lowest BCUT2D eigenvalue weighted by atomic mass is 9.94. The van der Waals surface area contributed by atoms with Gasteiger partial charge in [-0.1, -0.05) is 35.0 Å². The topological polar surface area (TPSA) is 63.3 Å². The molecule has 1 N–H and O–H groups in total. The highest BCUT2D eigenvalue weighted by molar-refractivity contribution is 6.31. The van der Waals surface area contributed by atoms with Crippen LogP contribution in [0.1, 0.15) is 11.1 Å². The molecule has 18 heavy (non-hydrogen) atoms. The van der Waals surface area contributed by atoms with Gasteiger partial charge in [-0.3, -0.25) is 4.79 Å². The van der Waals surface area contributed by atoms with E-state index in [0.29, 0.717) is 17.9 Å². The Morgan fingerprint density at radius 2 is 2.17 bits per heavy atom. The quantitative estimate of drug-likeness (QED) is 0.903. The van der Waals surface area contributed by atoms with E-state index in [1.54, 1.807) is 6.07 Å². The Labute approximate surface area is 109 Å². The Bertz CT molecular complexity index is 525. The molecular weight excluding hydrogens is 254 g/mol. The SMILES string of the molecule is O=C(O)C(Cc1cnoc1)Cc1ccccc1Cl. The van der Waals surface area contributed by atoms with Crippen LogP contribution in [0.15, 0.2) is 41.2 Å². The predicted octanol–water partition coefficient (Wildman–Crippen LogP) is 2.81. The van der Waals surface area contributed by atoms with Crippen molar-refractivity contribution in [3.05, 3.63) is 52.9 Å².